The maximum Gasteiger partial charge on any atom is 0.146 e. The van der Waals surface area contributed by atoms with Crippen molar-refractivity contribution in [2.45, 2.75) is 30.4 Å². The molecule has 2 aliphatic heterocycles. The van der Waals surface area contributed by atoms with E-state index in [1.54, 1.807) is 6.07 Å². The van der Waals surface area contributed by atoms with Crippen molar-refractivity contribution in [3.63, 3.8) is 0 Å². The largest absolute Gasteiger partial charge is 0.382 e. The summed E-state index contributed by atoms with van der Waals surface area (Å²) >= 11 is 2.07. The summed E-state index contributed by atoms with van der Waals surface area (Å²) < 4.78 is 13.7. The van der Waals surface area contributed by atoms with Gasteiger partial charge in [0, 0.05) is 11.8 Å². The smallest absolute Gasteiger partial charge is 0.146 e. The van der Waals surface area contributed by atoms with Crippen LogP contribution in [0, 0.1) is 5.82 Å². The minimum atomic E-state index is -0.0924. The third-order valence-electron chi connectivity index (χ3n) is 3.62. The van der Waals surface area contributed by atoms with Crippen LogP contribution in [0.4, 0.5) is 10.1 Å². The molecule has 2 atom stereocenters. The van der Waals surface area contributed by atoms with Crippen molar-refractivity contribution in [3.05, 3.63) is 29.6 Å². The van der Waals surface area contributed by atoms with Gasteiger partial charge in [0.15, 0.2) is 0 Å². The molecule has 2 unspecified atom stereocenters. The van der Waals surface area contributed by atoms with Gasteiger partial charge in [0.05, 0.1) is 5.69 Å². The van der Waals surface area contributed by atoms with Crippen LogP contribution in [0.15, 0.2) is 18.2 Å². The van der Waals surface area contributed by atoms with Gasteiger partial charge in [-0.1, -0.05) is 12.1 Å². The molecule has 1 fully saturated rings. The molecule has 0 saturated carbocycles. The van der Waals surface area contributed by atoms with Crippen LogP contribution in [-0.2, 0) is 0 Å². The Kier molecular flexibility index (Phi) is 2.80. The van der Waals surface area contributed by atoms with Crippen molar-refractivity contribution < 1.29 is 4.39 Å². The molecular formula is C13H16FNS. The normalized spacial score (nSPS) is 28.6. The summed E-state index contributed by atoms with van der Waals surface area (Å²) in [6.45, 7) is 0.912. The van der Waals surface area contributed by atoms with E-state index in [1.165, 1.54) is 24.2 Å². The molecule has 2 aliphatic rings. The zero-order valence-corrected chi connectivity index (χ0v) is 10.0. The number of nitrogens with one attached hydrogen (secondary N) is 1. The van der Waals surface area contributed by atoms with Crippen LogP contribution < -0.4 is 5.32 Å². The molecule has 16 heavy (non-hydrogen) atoms. The summed E-state index contributed by atoms with van der Waals surface area (Å²) in [7, 11) is 0. The van der Waals surface area contributed by atoms with Gasteiger partial charge in [0.1, 0.15) is 5.82 Å². The van der Waals surface area contributed by atoms with E-state index in [4.69, 9.17) is 0 Å². The number of para-hydroxylation sites is 1. The van der Waals surface area contributed by atoms with Gasteiger partial charge >= 0.3 is 0 Å². The molecule has 86 valence electrons. The first-order valence-corrected chi connectivity index (χ1v) is 7.05. The monoisotopic (exact) mass is 237 g/mol. The predicted octanol–water partition coefficient (Wildman–Crippen LogP) is 3.62. The van der Waals surface area contributed by atoms with Crippen molar-refractivity contribution in [2.24, 2.45) is 0 Å². The molecule has 1 N–H and O–H groups in total. The number of hydrogen-bond acceptors (Lipinski definition) is 2. The highest BCUT2D eigenvalue weighted by molar-refractivity contribution is 8.00. The van der Waals surface area contributed by atoms with E-state index >= 15 is 0 Å². The van der Waals surface area contributed by atoms with Crippen LogP contribution in [0.25, 0.3) is 0 Å². The standard InChI is InChI=1S/C13H16FNS/c14-11-4-1-3-10-9(6-7-15-13(10)11)12-5-2-8-16-12/h1,3-4,9,12,15H,2,5-8H2. The number of hydrogen-bond donors (Lipinski definition) is 1. The maximum absolute atomic E-state index is 13.7. The highest BCUT2D eigenvalue weighted by Crippen LogP contribution is 2.43. The van der Waals surface area contributed by atoms with Crippen LogP contribution in [0.5, 0.6) is 0 Å². The van der Waals surface area contributed by atoms with Gasteiger partial charge in [0.25, 0.3) is 0 Å². The summed E-state index contributed by atoms with van der Waals surface area (Å²) in [5.74, 6) is 1.74. The minimum absolute atomic E-state index is 0.0924. The van der Waals surface area contributed by atoms with Gasteiger partial charge in [-0.15, -0.1) is 0 Å². The fourth-order valence-electron chi connectivity index (χ4n) is 2.85. The molecule has 1 nitrogen and oxygen atoms in total. The molecule has 1 aromatic carbocycles. The second-order valence-corrected chi connectivity index (χ2v) is 5.92. The zero-order valence-electron chi connectivity index (χ0n) is 9.21. The Morgan fingerprint density at radius 3 is 3.06 bits per heavy atom. The third-order valence-corrected chi connectivity index (χ3v) is 5.13. The van der Waals surface area contributed by atoms with E-state index in [9.17, 15) is 4.39 Å². The maximum atomic E-state index is 13.7. The molecule has 0 radical (unpaired) electrons. The van der Waals surface area contributed by atoms with Crippen LogP contribution >= 0.6 is 11.8 Å². The van der Waals surface area contributed by atoms with Crippen LogP contribution in [-0.4, -0.2) is 17.5 Å². The number of fused-ring (bicyclic) bond motifs is 1. The summed E-state index contributed by atoms with van der Waals surface area (Å²) in [4.78, 5) is 0. The van der Waals surface area contributed by atoms with E-state index < -0.39 is 0 Å². The second kappa shape index (κ2) is 4.28. The summed E-state index contributed by atoms with van der Waals surface area (Å²) in [6, 6.07) is 5.48. The van der Waals surface area contributed by atoms with Gasteiger partial charge in [-0.2, -0.15) is 11.8 Å². The zero-order chi connectivity index (χ0) is 11.0. The lowest BCUT2D eigenvalue weighted by molar-refractivity contribution is 0.563. The van der Waals surface area contributed by atoms with Gasteiger partial charge in [-0.05, 0) is 42.6 Å². The van der Waals surface area contributed by atoms with E-state index in [1.807, 2.05) is 6.07 Å². The predicted molar refractivity (Wildman–Crippen MR) is 67.7 cm³/mol. The van der Waals surface area contributed by atoms with E-state index in [0.29, 0.717) is 11.2 Å². The number of rotatable bonds is 1. The van der Waals surface area contributed by atoms with Crippen molar-refractivity contribution >= 4 is 17.4 Å². The van der Waals surface area contributed by atoms with Gasteiger partial charge in [-0.3, -0.25) is 0 Å². The number of anilines is 1. The van der Waals surface area contributed by atoms with Gasteiger partial charge in [0.2, 0.25) is 0 Å². The molecule has 1 aromatic rings. The molecule has 0 aliphatic carbocycles. The lowest BCUT2D eigenvalue weighted by Gasteiger charge is -2.30. The average molecular weight is 237 g/mol. The Balaban J connectivity index is 1.96. The van der Waals surface area contributed by atoms with Crippen molar-refractivity contribution in [2.75, 3.05) is 17.6 Å². The SMILES string of the molecule is Fc1cccc2c1NCCC2C1CCCS1. The van der Waals surface area contributed by atoms with E-state index in [2.05, 4.69) is 23.1 Å². The topological polar surface area (TPSA) is 12.0 Å². The molecule has 0 amide bonds. The molecule has 1 saturated heterocycles. The third kappa shape index (κ3) is 1.71. The summed E-state index contributed by atoms with van der Waals surface area (Å²) in [5, 5.41) is 3.91. The first-order valence-electron chi connectivity index (χ1n) is 6.00. The summed E-state index contributed by atoms with van der Waals surface area (Å²) in [6.07, 6.45) is 3.77. The second-order valence-electron chi connectivity index (χ2n) is 4.58. The molecular weight excluding hydrogens is 221 g/mol. The van der Waals surface area contributed by atoms with Crippen molar-refractivity contribution in [1.82, 2.24) is 0 Å². The Hall–Kier alpha value is -0.700. The number of halogens is 1. The average Bonchev–Trinajstić information content (AvgIpc) is 2.82. The number of thioether (sulfide) groups is 1. The molecule has 0 spiro atoms. The Labute approximate surface area is 99.8 Å². The van der Waals surface area contributed by atoms with Crippen LogP contribution in [0.1, 0.15) is 30.7 Å². The highest BCUT2D eigenvalue weighted by Gasteiger charge is 2.31. The Morgan fingerprint density at radius 1 is 1.31 bits per heavy atom. The van der Waals surface area contributed by atoms with E-state index in [0.717, 1.165) is 18.7 Å². The van der Waals surface area contributed by atoms with Crippen molar-refractivity contribution in [1.29, 1.82) is 0 Å². The fourth-order valence-corrected chi connectivity index (χ4v) is 4.33. The Bertz CT molecular complexity index is 388. The van der Waals surface area contributed by atoms with Gasteiger partial charge in [-0.25, -0.2) is 4.39 Å². The first-order chi connectivity index (χ1) is 7.86. The van der Waals surface area contributed by atoms with Crippen LogP contribution in [0.3, 0.4) is 0 Å². The quantitative estimate of drug-likeness (QED) is 0.800. The van der Waals surface area contributed by atoms with E-state index in [-0.39, 0.29) is 5.82 Å². The molecule has 0 aromatic heterocycles. The lowest BCUT2D eigenvalue weighted by atomic mass is 9.86. The Morgan fingerprint density at radius 2 is 2.25 bits per heavy atom. The first kappa shape index (κ1) is 10.5. The fraction of sp³-hybridized carbons (Fsp3) is 0.538. The molecule has 2 heterocycles. The highest BCUT2D eigenvalue weighted by atomic mass is 32.2. The molecule has 3 rings (SSSR count). The van der Waals surface area contributed by atoms with Crippen molar-refractivity contribution in [3.8, 4) is 0 Å². The lowest BCUT2D eigenvalue weighted by Crippen LogP contribution is -2.23. The number of benzene rings is 1. The summed E-state index contributed by atoms with van der Waals surface area (Å²) in [5.41, 5.74) is 1.96. The minimum Gasteiger partial charge on any atom is -0.382 e. The molecule has 3 heteroatoms. The van der Waals surface area contributed by atoms with Gasteiger partial charge < -0.3 is 5.32 Å². The van der Waals surface area contributed by atoms with Crippen LogP contribution in [0.2, 0.25) is 0 Å². The molecule has 0 bridgehead atoms.